The van der Waals surface area contributed by atoms with Crippen LogP contribution in [0, 0.1) is 13.8 Å². The van der Waals surface area contributed by atoms with Crippen LogP contribution >= 0.6 is 39.0 Å². The number of hydrogen-bond donors (Lipinski definition) is 1. The van der Waals surface area contributed by atoms with Crippen molar-refractivity contribution in [3.8, 4) is 0 Å². The summed E-state index contributed by atoms with van der Waals surface area (Å²) in [4.78, 5) is 12.4. The second kappa shape index (κ2) is 8.12. The van der Waals surface area contributed by atoms with E-state index >= 15 is 0 Å². The Bertz CT molecular complexity index is 873. The van der Waals surface area contributed by atoms with Crippen LogP contribution in [0.1, 0.15) is 27.0 Å². The molecule has 0 spiro atoms. The minimum Gasteiger partial charge on any atom is -0.296 e. The summed E-state index contributed by atoms with van der Waals surface area (Å²) in [5, 5.41) is 11.5. The second-order valence-corrected chi connectivity index (χ2v) is 8.73. The van der Waals surface area contributed by atoms with Gasteiger partial charge in [-0.1, -0.05) is 68.4 Å². The maximum atomic E-state index is 12.4. The van der Waals surface area contributed by atoms with Gasteiger partial charge in [0, 0.05) is 15.8 Å². The third kappa shape index (κ3) is 5.14. The molecule has 0 unspecified atom stereocenters. The molecule has 0 aliphatic rings. The molecule has 4 nitrogen and oxygen atoms in total. The van der Waals surface area contributed by atoms with Crippen molar-refractivity contribution >= 4 is 50.1 Å². The molecule has 128 valence electrons. The summed E-state index contributed by atoms with van der Waals surface area (Å²) in [5.74, 6) is 0.653. The van der Waals surface area contributed by atoms with E-state index in [2.05, 4.69) is 43.6 Å². The lowest BCUT2D eigenvalue weighted by atomic mass is 10.1. The fraction of sp³-hybridized carbons (Fsp3) is 0.167. The topological polar surface area (TPSA) is 54.9 Å². The molecule has 0 atom stereocenters. The number of benzene rings is 2. The zero-order valence-electron chi connectivity index (χ0n) is 13.7. The number of carbonyl (C=O) groups excluding carboxylic acids is 1. The first kappa shape index (κ1) is 18.1. The highest BCUT2D eigenvalue weighted by Crippen LogP contribution is 2.29. The van der Waals surface area contributed by atoms with Gasteiger partial charge in [0.2, 0.25) is 5.13 Å². The number of thioether (sulfide) groups is 1. The predicted octanol–water partition coefficient (Wildman–Crippen LogP) is 5.46. The van der Waals surface area contributed by atoms with Crippen LogP contribution in [0.3, 0.4) is 0 Å². The summed E-state index contributed by atoms with van der Waals surface area (Å²) in [6, 6.07) is 14.0. The average molecular weight is 434 g/mol. The Kier molecular flexibility index (Phi) is 5.88. The van der Waals surface area contributed by atoms with Crippen LogP contribution in [0.4, 0.5) is 5.13 Å². The van der Waals surface area contributed by atoms with E-state index in [9.17, 15) is 4.79 Å². The van der Waals surface area contributed by atoms with Gasteiger partial charge in [0.15, 0.2) is 4.34 Å². The van der Waals surface area contributed by atoms with Crippen molar-refractivity contribution < 1.29 is 4.79 Å². The maximum absolute atomic E-state index is 12.4. The molecule has 0 fully saturated rings. The Hall–Kier alpha value is -1.70. The molecule has 3 aromatic rings. The molecule has 1 heterocycles. The molecule has 0 radical (unpaired) electrons. The first-order valence-electron chi connectivity index (χ1n) is 7.60. The Morgan fingerprint density at radius 1 is 1.12 bits per heavy atom. The lowest BCUT2D eigenvalue weighted by molar-refractivity contribution is 0.102. The smallest absolute Gasteiger partial charge is 0.257 e. The van der Waals surface area contributed by atoms with Crippen LogP contribution in [0.25, 0.3) is 0 Å². The molecule has 0 bridgehead atoms. The summed E-state index contributed by atoms with van der Waals surface area (Å²) in [7, 11) is 0. The number of anilines is 1. The van der Waals surface area contributed by atoms with Gasteiger partial charge in [0.05, 0.1) is 0 Å². The van der Waals surface area contributed by atoms with Crippen molar-refractivity contribution in [1.29, 1.82) is 0 Å². The molecule has 2 aromatic carbocycles. The van der Waals surface area contributed by atoms with Crippen molar-refractivity contribution in [3.05, 3.63) is 69.2 Å². The van der Waals surface area contributed by atoms with Crippen molar-refractivity contribution in [2.24, 2.45) is 0 Å². The number of hydrogen-bond acceptors (Lipinski definition) is 5. The minimum atomic E-state index is -0.160. The molecule has 7 heteroatoms. The van der Waals surface area contributed by atoms with Crippen LogP contribution < -0.4 is 5.32 Å². The van der Waals surface area contributed by atoms with Crippen molar-refractivity contribution in [1.82, 2.24) is 10.2 Å². The number of rotatable bonds is 5. The third-order valence-corrected chi connectivity index (χ3v) is 5.96. The van der Waals surface area contributed by atoms with Crippen molar-refractivity contribution in [2.75, 3.05) is 5.32 Å². The van der Waals surface area contributed by atoms with Gasteiger partial charge in [-0.3, -0.25) is 10.1 Å². The minimum absolute atomic E-state index is 0.160. The summed E-state index contributed by atoms with van der Waals surface area (Å²) >= 11 is 6.42. The van der Waals surface area contributed by atoms with Crippen molar-refractivity contribution in [3.63, 3.8) is 0 Å². The highest BCUT2D eigenvalue weighted by molar-refractivity contribution is 9.10. The summed E-state index contributed by atoms with van der Waals surface area (Å²) in [5.41, 5.74) is 3.97. The monoisotopic (exact) mass is 433 g/mol. The third-order valence-electron chi connectivity index (χ3n) is 3.39. The number of aryl methyl sites for hydroxylation is 2. The van der Waals surface area contributed by atoms with E-state index in [1.54, 1.807) is 11.8 Å². The van der Waals surface area contributed by atoms with Crippen LogP contribution in [0.15, 0.2) is 51.3 Å². The zero-order valence-corrected chi connectivity index (χ0v) is 17.0. The average Bonchev–Trinajstić information content (AvgIpc) is 3.01. The van der Waals surface area contributed by atoms with Gasteiger partial charge in [-0.25, -0.2) is 0 Å². The van der Waals surface area contributed by atoms with Crippen LogP contribution in [0.5, 0.6) is 0 Å². The van der Waals surface area contributed by atoms with Gasteiger partial charge in [-0.2, -0.15) is 0 Å². The van der Waals surface area contributed by atoms with E-state index in [1.807, 2.05) is 44.2 Å². The molecule has 1 aromatic heterocycles. The lowest BCUT2D eigenvalue weighted by Gasteiger charge is -2.04. The van der Waals surface area contributed by atoms with E-state index < -0.39 is 0 Å². The summed E-state index contributed by atoms with van der Waals surface area (Å²) < 4.78 is 1.90. The quantitative estimate of drug-likeness (QED) is 0.428. The Morgan fingerprint density at radius 2 is 1.80 bits per heavy atom. The number of nitrogens with zero attached hydrogens (tertiary/aromatic N) is 2. The number of aromatic nitrogens is 2. The SMILES string of the molecule is Cc1cc(C)cc(C(=O)Nc2nnc(SCc3ccc(Br)cc3)s2)c1. The number of halogens is 1. The van der Waals surface area contributed by atoms with E-state index in [4.69, 9.17) is 0 Å². The van der Waals surface area contributed by atoms with Crippen molar-refractivity contribution in [2.45, 2.75) is 23.9 Å². The first-order valence-corrected chi connectivity index (χ1v) is 10.2. The van der Waals surface area contributed by atoms with Gasteiger partial charge < -0.3 is 0 Å². The fourth-order valence-corrected chi connectivity index (χ4v) is 4.29. The van der Waals surface area contributed by atoms with Gasteiger partial charge in [0.1, 0.15) is 0 Å². The van der Waals surface area contributed by atoms with Gasteiger partial charge >= 0.3 is 0 Å². The van der Waals surface area contributed by atoms with E-state index in [0.29, 0.717) is 10.7 Å². The number of nitrogens with one attached hydrogen (secondary N) is 1. The highest BCUT2D eigenvalue weighted by Gasteiger charge is 2.11. The molecule has 0 aliphatic heterocycles. The lowest BCUT2D eigenvalue weighted by Crippen LogP contribution is -2.12. The highest BCUT2D eigenvalue weighted by atomic mass is 79.9. The van der Waals surface area contributed by atoms with Gasteiger partial charge in [-0.15, -0.1) is 10.2 Å². The van der Waals surface area contributed by atoms with Gasteiger partial charge in [-0.05, 0) is 43.7 Å². The molecule has 1 amide bonds. The molecule has 25 heavy (non-hydrogen) atoms. The zero-order chi connectivity index (χ0) is 17.8. The predicted molar refractivity (Wildman–Crippen MR) is 107 cm³/mol. The van der Waals surface area contributed by atoms with E-state index in [1.165, 1.54) is 16.9 Å². The summed E-state index contributed by atoms with van der Waals surface area (Å²) in [6.07, 6.45) is 0. The van der Waals surface area contributed by atoms with E-state index in [-0.39, 0.29) is 5.91 Å². The Labute approximate surface area is 163 Å². The molecule has 0 aliphatic carbocycles. The largest absolute Gasteiger partial charge is 0.296 e. The molecule has 3 rings (SSSR count). The van der Waals surface area contributed by atoms with E-state index in [0.717, 1.165) is 25.7 Å². The standard InChI is InChI=1S/C18H16BrN3OS2/c1-11-7-12(2)9-14(8-11)16(23)20-17-21-22-18(25-17)24-10-13-3-5-15(19)6-4-13/h3-9H,10H2,1-2H3,(H,20,21,23). The van der Waals surface area contributed by atoms with Crippen LogP contribution in [-0.4, -0.2) is 16.1 Å². The Balaban J connectivity index is 1.61. The normalized spacial score (nSPS) is 10.7. The molecule has 0 saturated heterocycles. The Morgan fingerprint density at radius 3 is 2.48 bits per heavy atom. The first-order chi connectivity index (χ1) is 12.0. The van der Waals surface area contributed by atoms with Gasteiger partial charge in [0.25, 0.3) is 5.91 Å². The fourth-order valence-electron chi connectivity index (χ4n) is 2.32. The molecule has 0 saturated carbocycles. The van der Waals surface area contributed by atoms with Crippen LogP contribution in [0.2, 0.25) is 0 Å². The number of amides is 1. The molecular formula is C18H16BrN3OS2. The maximum Gasteiger partial charge on any atom is 0.257 e. The molecule has 1 N–H and O–H groups in total. The summed E-state index contributed by atoms with van der Waals surface area (Å²) in [6.45, 7) is 3.96. The molecular weight excluding hydrogens is 418 g/mol. The van der Waals surface area contributed by atoms with Crippen LogP contribution in [-0.2, 0) is 5.75 Å². The number of carbonyl (C=O) groups is 1. The second-order valence-electron chi connectivity index (χ2n) is 5.62.